The number of H-pyrrole nitrogens is 1. The molecule has 2 aromatic carbocycles. The molecular weight excluding hydrogens is 286 g/mol. The van der Waals surface area contributed by atoms with E-state index < -0.39 is 0 Å². The molecule has 0 radical (unpaired) electrons. The summed E-state index contributed by atoms with van der Waals surface area (Å²) in [6.45, 7) is 4.36. The van der Waals surface area contributed by atoms with Crippen LogP contribution in [0.1, 0.15) is 27.3 Å². The van der Waals surface area contributed by atoms with Crippen LogP contribution < -0.4 is 5.32 Å². The molecule has 1 aromatic heterocycles. The molecule has 0 atom stereocenters. The Kier molecular flexibility index (Phi) is 4.24. The van der Waals surface area contributed by atoms with Gasteiger partial charge in [-0.25, -0.2) is 0 Å². The van der Waals surface area contributed by atoms with Crippen molar-refractivity contribution in [3.8, 4) is 11.1 Å². The van der Waals surface area contributed by atoms with Crippen molar-refractivity contribution in [2.75, 3.05) is 0 Å². The number of aromatic amines is 1. The highest BCUT2D eigenvalue weighted by molar-refractivity contribution is 5.94. The van der Waals surface area contributed by atoms with Crippen molar-refractivity contribution < 1.29 is 4.79 Å². The molecule has 0 aliphatic carbocycles. The monoisotopic (exact) mass is 305 g/mol. The van der Waals surface area contributed by atoms with Gasteiger partial charge in [0, 0.05) is 23.4 Å². The van der Waals surface area contributed by atoms with Crippen LogP contribution in [0.15, 0.2) is 54.6 Å². The van der Waals surface area contributed by atoms with Crippen LogP contribution in [0.5, 0.6) is 0 Å². The number of nitrogens with zero attached hydrogens (tertiary/aromatic N) is 1. The van der Waals surface area contributed by atoms with Gasteiger partial charge in [0.15, 0.2) is 0 Å². The first-order chi connectivity index (χ1) is 11.1. The molecule has 0 aliphatic rings. The predicted molar refractivity (Wildman–Crippen MR) is 91.1 cm³/mol. The van der Waals surface area contributed by atoms with Crippen molar-refractivity contribution in [3.05, 3.63) is 77.1 Å². The fourth-order valence-electron chi connectivity index (χ4n) is 2.55. The van der Waals surface area contributed by atoms with E-state index in [4.69, 9.17) is 0 Å². The SMILES string of the molecule is Cc1n[nH]c(C)c1CNC(=O)c1ccc(-c2ccccc2)cc1. The molecule has 4 nitrogen and oxygen atoms in total. The zero-order valence-electron chi connectivity index (χ0n) is 13.3. The van der Waals surface area contributed by atoms with E-state index >= 15 is 0 Å². The van der Waals surface area contributed by atoms with E-state index in [1.54, 1.807) is 0 Å². The molecule has 0 saturated heterocycles. The number of rotatable bonds is 4. The maximum atomic E-state index is 12.3. The van der Waals surface area contributed by atoms with Crippen LogP contribution in [0, 0.1) is 13.8 Å². The molecule has 23 heavy (non-hydrogen) atoms. The van der Waals surface area contributed by atoms with E-state index in [9.17, 15) is 4.79 Å². The Hall–Kier alpha value is -2.88. The van der Waals surface area contributed by atoms with Crippen molar-refractivity contribution in [2.24, 2.45) is 0 Å². The average Bonchev–Trinajstić information content (AvgIpc) is 2.92. The van der Waals surface area contributed by atoms with Crippen LogP contribution in [0.3, 0.4) is 0 Å². The molecule has 2 N–H and O–H groups in total. The van der Waals surface area contributed by atoms with E-state index in [1.807, 2.05) is 56.3 Å². The number of amides is 1. The lowest BCUT2D eigenvalue weighted by Gasteiger charge is -2.07. The van der Waals surface area contributed by atoms with Gasteiger partial charge in [-0.05, 0) is 37.1 Å². The Morgan fingerprint density at radius 1 is 1.00 bits per heavy atom. The van der Waals surface area contributed by atoms with E-state index in [0.29, 0.717) is 12.1 Å². The highest BCUT2D eigenvalue weighted by Crippen LogP contribution is 2.19. The lowest BCUT2D eigenvalue weighted by Crippen LogP contribution is -2.23. The first kappa shape index (κ1) is 15.0. The maximum absolute atomic E-state index is 12.3. The van der Waals surface area contributed by atoms with Crippen LogP contribution in [0.2, 0.25) is 0 Å². The van der Waals surface area contributed by atoms with Gasteiger partial charge in [0.05, 0.1) is 5.69 Å². The smallest absolute Gasteiger partial charge is 0.251 e. The van der Waals surface area contributed by atoms with Crippen LogP contribution >= 0.6 is 0 Å². The quantitative estimate of drug-likeness (QED) is 0.773. The number of benzene rings is 2. The molecule has 0 bridgehead atoms. The second kappa shape index (κ2) is 6.48. The molecule has 1 heterocycles. The van der Waals surface area contributed by atoms with Gasteiger partial charge in [0.1, 0.15) is 0 Å². The molecule has 0 aliphatic heterocycles. The van der Waals surface area contributed by atoms with Gasteiger partial charge in [-0.1, -0.05) is 42.5 Å². The third kappa shape index (κ3) is 3.31. The summed E-state index contributed by atoms with van der Waals surface area (Å²) in [5.74, 6) is -0.0791. The van der Waals surface area contributed by atoms with Crippen molar-refractivity contribution >= 4 is 5.91 Å². The van der Waals surface area contributed by atoms with Crippen LogP contribution in [0.25, 0.3) is 11.1 Å². The van der Waals surface area contributed by atoms with E-state index in [2.05, 4.69) is 27.6 Å². The Balaban J connectivity index is 1.69. The average molecular weight is 305 g/mol. The Morgan fingerprint density at radius 3 is 2.26 bits per heavy atom. The zero-order valence-corrected chi connectivity index (χ0v) is 13.3. The molecule has 0 saturated carbocycles. The van der Waals surface area contributed by atoms with Crippen molar-refractivity contribution in [1.82, 2.24) is 15.5 Å². The summed E-state index contributed by atoms with van der Waals surface area (Å²) in [4.78, 5) is 12.3. The fraction of sp³-hybridized carbons (Fsp3) is 0.158. The largest absolute Gasteiger partial charge is 0.348 e. The molecule has 1 amide bonds. The summed E-state index contributed by atoms with van der Waals surface area (Å²) in [6, 6.07) is 17.8. The second-order valence-electron chi connectivity index (χ2n) is 5.54. The topological polar surface area (TPSA) is 57.8 Å². The standard InChI is InChI=1S/C19H19N3O/c1-13-18(14(2)22-21-13)12-20-19(23)17-10-8-16(9-11-17)15-6-4-3-5-7-15/h3-11H,12H2,1-2H3,(H,20,23)(H,21,22). The minimum absolute atomic E-state index is 0.0791. The normalized spacial score (nSPS) is 10.5. The number of nitrogens with one attached hydrogen (secondary N) is 2. The van der Waals surface area contributed by atoms with Gasteiger partial charge in [-0.2, -0.15) is 5.10 Å². The number of carbonyl (C=O) groups is 1. The molecule has 116 valence electrons. The summed E-state index contributed by atoms with van der Waals surface area (Å²) >= 11 is 0. The molecule has 0 spiro atoms. The minimum Gasteiger partial charge on any atom is -0.348 e. The lowest BCUT2D eigenvalue weighted by atomic mass is 10.0. The highest BCUT2D eigenvalue weighted by atomic mass is 16.1. The third-order valence-electron chi connectivity index (χ3n) is 3.96. The molecular formula is C19H19N3O. The summed E-state index contributed by atoms with van der Waals surface area (Å²) in [7, 11) is 0. The minimum atomic E-state index is -0.0791. The molecule has 0 fully saturated rings. The Morgan fingerprint density at radius 2 is 1.65 bits per heavy atom. The highest BCUT2D eigenvalue weighted by Gasteiger charge is 2.10. The summed E-state index contributed by atoms with van der Waals surface area (Å²) in [6.07, 6.45) is 0. The number of hydrogen-bond acceptors (Lipinski definition) is 2. The Bertz CT molecular complexity index is 785. The van der Waals surface area contributed by atoms with Crippen molar-refractivity contribution in [1.29, 1.82) is 0 Å². The van der Waals surface area contributed by atoms with Crippen LogP contribution in [-0.4, -0.2) is 16.1 Å². The number of aromatic nitrogens is 2. The predicted octanol–water partition coefficient (Wildman–Crippen LogP) is 3.62. The molecule has 0 unspecified atom stereocenters. The van der Waals surface area contributed by atoms with Crippen molar-refractivity contribution in [3.63, 3.8) is 0 Å². The van der Waals surface area contributed by atoms with E-state index in [1.165, 1.54) is 0 Å². The van der Waals surface area contributed by atoms with Gasteiger partial charge in [0.25, 0.3) is 5.91 Å². The summed E-state index contributed by atoms with van der Waals surface area (Å²) in [5, 5.41) is 10.0. The molecule has 3 aromatic rings. The first-order valence-electron chi connectivity index (χ1n) is 7.59. The number of hydrogen-bond donors (Lipinski definition) is 2. The van der Waals surface area contributed by atoms with Gasteiger partial charge in [-0.3, -0.25) is 9.89 Å². The van der Waals surface area contributed by atoms with Gasteiger partial charge >= 0.3 is 0 Å². The zero-order chi connectivity index (χ0) is 16.2. The lowest BCUT2D eigenvalue weighted by molar-refractivity contribution is 0.0951. The maximum Gasteiger partial charge on any atom is 0.251 e. The van der Waals surface area contributed by atoms with Gasteiger partial charge < -0.3 is 5.32 Å². The van der Waals surface area contributed by atoms with E-state index in [0.717, 1.165) is 28.1 Å². The van der Waals surface area contributed by atoms with E-state index in [-0.39, 0.29) is 5.91 Å². The van der Waals surface area contributed by atoms with Crippen LogP contribution in [-0.2, 0) is 6.54 Å². The van der Waals surface area contributed by atoms with Gasteiger partial charge in [-0.15, -0.1) is 0 Å². The number of aryl methyl sites for hydroxylation is 2. The molecule has 3 rings (SSSR count). The van der Waals surface area contributed by atoms with Crippen LogP contribution in [0.4, 0.5) is 0 Å². The first-order valence-corrected chi connectivity index (χ1v) is 7.59. The fourth-order valence-corrected chi connectivity index (χ4v) is 2.55. The summed E-state index contributed by atoms with van der Waals surface area (Å²) < 4.78 is 0. The van der Waals surface area contributed by atoms with Crippen molar-refractivity contribution in [2.45, 2.75) is 20.4 Å². The summed E-state index contributed by atoms with van der Waals surface area (Å²) in [5.41, 5.74) is 5.85. The Labute approximate surface area is 135 Å². The number of carbonyl (C=O) groups excluding carboxylic acids is 1. The molecule has 4 heteroatoms. The second-order valence-corrected chi connectivity index (χ2v) is 5.54. The van der Waals surface area contributed by atoms with Gasteiger partial charge in [0.2, 0.25) is 0 Å². The third-order valence-corrected chi connectivity index (χ3v) is 3.96.